The van der Waals surface area contributed by atoms with E-state index >= 15 is 0 Å². The van der Waals surface area contributed by atoms with Crippen LogP contribution in [0.15, 0.2) is 42.5 Å². The average molecular weight is 457 g/mol. The van der Waals surface area contributed by atoms with Crippen LogP contribution in [0.3, 0.4) is 0 Å². The van der Waals surface area contributed by atoms with Crippen LogP contribution < -0.4 is 10.1 Å². The number of nitrogens with zero attached hydrogens (tertiary/aromatic N) is 1. The fourth-order valence-corrected chi connectivity index (χ4v) is 4.34. The minimum Gasteiger partial charge on any atom is -0.483 e. The van der Waals surface area contributed by atoms with Gasteiger partial charge in [-0.25, -0.2) is 0 Å². The van der Waals surface area contributed by atoms with E-state index in [1.54, 1.807) is 17.9 Å². The van der Waals surface area contributed by atoms with Gasteiger partial charge in [-0.15, -0.1) is 0 Å². The lowest BCUT2D eigenvalue weighted by atomic mass is 9.95. The molecule has 1 saturated carbocycles. The van der Waals surface area contributed by atoms with E-state index in [1.807, 2.05) is 50.2 Å². The van der Waals surface area contributed by atoms with Crippen molar-refractivity contribution >= 4 is 23.4 Å². The molecule has 0 bridgehead atoms. The van der Waals surface area contributed by atoms with E-state index in [2.05, 4.69) is 5.32 Å². The predicted molar refractivity (Wildman–Crippen MR) is 128 cm³/mol. The number of benzene rings is 2. The molecule has 1 aliphatic carbocycles. The normalized spacial score (nSPS) is 15.1. The van der Waals surface area contributed by atoms with Crippen LogP contribution in [0.25, 0.3) is 0 Å². The summed E-state index contributed by atoms with van der Waals surface area (Å²) < 4.78 is 5.83. The van der Waals surface area contributed by atoms with Crippen molar-refractivity contribution in [2.75, 3.05) is 6.61 Å². The van der Waals surface area contributed by atoms with Gasteiger partial charge in [0.05, 0.1) is 0 Å². The van der Waals surface area contributed by atoms with Crippen LogP contribution in [0.2, 0.25) is 5.02 Å². The fraction of sp³-hybridized carbons (Fsp3) is 0.462. The summed E-state index contributed by atoms with van der Waals surface area (Å²) in [6.45, 7) is 5.84. The Morgan fingerprint density at radius 1 is 1.12 bits per heavy atom. The highest BCUT2D eigenvalue weighted by Crippen LogP contribution is 2.22. The summed E-state index contributed by atoms with van der Waals surface area (Å²) in [5, 5.41) is 3.71. The van der Waals surface area contributed by atoms with E-state index in [9.17, 15) is 9.59 Å². The molecule has 2 amide bonds. The number of carbonyl (C=O) groups is 2. The minimum absolute atomic E-state index is 0.135. The van der Waals surface area contributed by atoms with Crippen molar-refractivity contribution in [2.24, 2.45) is 0 Å². The molecule has 32 heavy (non-hydrogen) atoms. The molecule has 1 aliphatic rings. The molecule has 0 spiro atoms. The molecule has 3 rings (SSSR count). The van der Waals surface area contributed by atoms with Crippen molar-refractivity contribution in [3.05, 3.63) is 64.2 Å². The van der Waals surface area contributed by atoms with Gasteiger partial charge >= 0.3 is 0 Å². The Labute approximate surface area is 196 Å². The zero-order valence-electron chi connectivity index (χ0n) is 19.2. The van der Waals surface area contributed by atoms with Gasteiger partial charge in [-0.2, -0.15) is 0 Å². The van der Waals surface area contributed by atoms with Gasteiger partial charge in [-0.05, 0) is 56.9 Å². The number of hydrogen-bond acceptors (Lipinski definition) is 3. The van der Waals surface area contributed by atoms with E-state index in [0.717, 1.165) is 42.4 Å². The second-order valence-corrected chi connectivity index (χ2v) is 9.10. The Balaban J connectivity index is 1.73. The molecule has 2 aromatic rings. The molecule has 0 aromatic heterocycles. The van der Waals surface area contributed by atoms with Crippen LogP contribution >= 0.6 is 11.6 Å². The summed E-state index contributed by atoms with van der Waals surface area (Å²) in [5.41, 5.74) is 2.90. The van der Waals surface area contributed by atoms with Gasteiger partial charge in [0.15, 0.2) is 6.61 Å². The topological polar surface area (TPSA) is 58.6 Å². The standard InChI is InChI=1S/C26H33ClN2O3/c1-18-13-14-24(19(2)15-18)32-17-25(30)29(16-21-9-7-8-12-23(21)27)20(3)26(31)28-22-10-5-4-6-11-22/h7-9,12-15,20,22H,4-6,10-11,16-17H2,1-3H3,(H,28,31). The lowest BCUT2D eigenvalue weighted by Gasteiger charge is -2.31. The van der Waals surface area contributed by atoms with Crippen LogP contribution in [-0.2, 0) is 16.1 Å². The Morgan fingerprint density at radius 3 is 2.53 bits per heavy atom. The maximum atomic E-state index is 13.2. The van der Waals surface area contributed by atoms with Crippen molar-refractivity contribution in [3.63, 3.8) is 0 Å². The highest BCUT2D eigenvalue weighted by atomic mass is 35.5. The highest BCUT2D eigenvalue weighted by Gasteiger charge is 2.29. The van der Waals surface area contributed by atoms with Gasteiger partial charge in [0.25, 0.3) is 5.91 Å². The van der Waals surface area contributed by atoms with Gasteiger partial charge in [0, 0.05) is 17.6 Å². The number of amides is 2. The molecule has 2 aromatic carbocycles. The number of ether oxygens (including phenoxy) is 1. The van der Waals surface area contributed by atoms with Crippen LogP contribution in [0.5, 0.6) is 5.75 Å². The second-order valence-electron chi connectivity index (χ2n) is 8.69. The first-order valence-corrected chi connectivity index (χ1v) is 11.8. The fourth-order valence-electron chi connectivity index (χ4n) is 4.15. The first-order chi connectivity index (χ1) is 15.3. The molecule has 5 nitrogen and oxygen atoms in total. The van der Waals surface area contributed by atoms with Crippen LogP contribution in [-0.4, -0.2) is 35.4 Å². The maximum absolute atomic E-state index is 13.2. The SMILES string of the molecule is Cc1ccc(OCC(=O)N(Cc2ccccc2Cl)C(C)C(=O)NC2CCCCC2)c(C)c1. The van der Waals surface area contributed by atoms with Crippen molar-refractivity contribution in [2.45, 2.75) is 71.5 Å². The van der Waals surface area contributed by atoms with E-state index in [0.29, 0.717) is 10.8 Å². The van der Waals surface area contributed by atoms with Gasteiger partial charge < -0.3 is 15.0 Å². The van der Waals surface area contributed by atoms with Gasteiger partial charge in [-0.1, -0.05) is 66.8 Å². The molecule has 0 aliphatic heterocycles. The van der Waals surface area contributed by atoms with Gasteiger partial charge in [0.1, 0.15) is 11.8 Å². The quantitative estimate of drug-likeness (QED) is 0.593. The first kappa shape index (κ1) is 24.1. The molecule has 1 atom stereocenters. The molecular formula is C26H33ClN2O3. The molecule has 6 heteroatoms. The summed E-state index contributed by atoms with van der Waals surface area (Å²) in [5.74, 6) is 0.279. The molecule has 172 valence electrons. The third kappa shape index (κ3) is 6.49. The van der Waals surface area contributed by atoms with Crippen LogP contribution in [0.1, 0.15) is 55.7 Å². The number of rotatable bonds is 8. The summed E-state index contributed by atoms with van der Waals surface area (Å²) in [6, 6.07) is 12.8. The average Bonchev–Trinajstić information content (AvgIpc) is 2.78. The Hall–Kier alpha value is -2.53. The van der Waals surface area contributed by atoms with E-state index in [4.69, 9.17) is 16.3 Å². The van der Waals surface area contributed by atoms with E-state index < -0.39 is 6.04 Å². The van der Waals surface area contributed by atoms with Crippen LogP contribution in [0, 0.1) is 13.8 Å². The van der Waals surface area contributed by atoms with E-state index in [1.165, 1.54) is 6.42 Å². The Kier molecular flexibility index (Phi) is 8.57. The lowest BCUT2D eigenvalue weighted by molar-refractivity contribution is -0.142. The largest absolute Gasteiger partial charge is 0.483 e. The third-order valence-corrected chi connectivity index (χ3v) is 6.47. The molecule has 0 heterocycles. The highest BCUT2D eigenvalue weighted by molar-refractivity contribution is 6.31. The van der Waals surface area contributed by atoms with Crippen LogP contribution in [0.4, 0.5) is 0 Å². The molecule has 0 radical (unpaired) electrons. The first-order valence-electron chi connectivity index (χ1n) is 11.4. The van der Waals surface area contributed by atoms with Crippen molar-refractivity contribution < 1.29 is 14.3 Å². The molecular weight excluding hydrogens is 424 g/mol. The molecule has 1 fully saturated rings. The monoisotopic (exact) mass is 456 g/mol. The van der Waals surface area contributed by atoms with Gasteiger partial charge in [-0.3, -0.25) is 9.59 Å². The molecule has 0 saturated heterocycles. The second kappa shape index (κ2) is 11.4. The minimum atomic E-state index is -0.636. The predicted octanol–water partition coefficient (Wildman–Crippen LogP) is 5.20. The summed E-state index contributed by atoms with van der Waals surface area (Å²) >= 11 is 6.35. The number of nitrogens with one attached hydrogen (secondary N) is 1. The van der Waals surface area contributed by atoms with E-state index in [-0.39, 0.29) is 31.0 Å². The summed E-state index contributed by atoms with van der Waals surface area (Å²) in [7, 11) is 0. The number of carbonyl (C=O) groups excluding carboxylic acids is 2. The zero-order valence-corrected chi connectivity index (χ0v) is 20.0. The summed E-state index contributed by atoms with van der Waals surface area (Å²) in [4.78, 5) is 27.8. The van der Waals surface area contributed by atoms with Crippen molar-refractivity contribution in [1.29, 1.82) is 0 Å². The summed E-state index contributed by atoms with van der Waals surface area (Å²) in [6.07, 6.45) is 5.46. The number of hydrogen-bond donors (Lipinski definition) is 1. The smallest absolute Gasteiger partial charge is 0.261 e. The zero-order chi connectivity index (χ0) is 23.1. The molecule has 1 unspecified atom stereocenters. The third-order valence-electron chi connectivity index (χ3n) is 6.10. The number of aryl methyl sites for hydroxylation is 2. The lowest BCUT2D eigenvalue weighted by Crippen LogP contribution is -2.51. The maximum Gasteiger partial charge on any atom is 0.261 e. The van der Waals surface area contributed by atoms with Crippen molar-refractivity contribution in [1.82, 2.24) is 10.2 Å². The van der Waals surface area contributed by atoms with Gasteiger partial charge in [0.2, 0.25) is 5.91 Å². The Bertz CT molecular complexity index is 940. The number of halogens is 1. The molecule has 1 N–H and O–H groups in total. The van der Waals surface area contributed by atoms with Crippen molar-refractivity contribution in [3.8, 4) is 5.75 Å². The Morgan fingerprint density at radius 2 is 1.84 bits per heavy atom.